The van der Waals surface area contributed by atoms with Crippen molar-refractivity contribution < 1.29 is 14.6 Å². The van der Waals surface area contributed by atoms with Crippen molar-refractivity contribution in [3.8, 4) is 5.75 Å². The van der Waals surface area contributed by atoms with Crippen molar-refractivity contribution in [1.29, 1.82) is 0 Å². The first-order valence-corrected chi connectivity index (χ1v) is 7.65. The molecule has 0 atom stereocenters. The molecule has 0 radical (unpaired) electrons. The van der Waals surface area contributed by atoms with Gasteiger partial charge in [0.1, 0.15) is 5.58 Å². The minimum Gasteiger partial charge on any atom is -0.515 e. The summed E-state index contributed by atoms with van der Waals surface area (Å²) < 4.78 is 5.74. The molecule has 1 heterocycles. The van der Waals surface area contributed by atoms with Gasteiger partial charge in [-0.2, -0.15) is 0 Å². The molecule has 25 heavy (non-hydrogen) atoms. The molecule has 0 amide bonds. The molecule has 0 unspecified atom stereocenters. The van der Waals surface area contributed by atoms with Gasteiger partial charge in [0.05, 0.1) is 11.6 Å². The molecule has 1 aromatic heterocycles. The molecule has 0 aliphatic carbocycles. The summed E-state index contributed by atoms with van der Waals surface area (Å²) in [5, 5.41) is 22.8. The SMILES string of the molecule is O=c1c(O)c/c(=C/O)c2c1oc1c3cccc4cccc(c(=O)c12)c43. The Kier molecular flexibility index (Phi) is 2.47. The fourth-order valence-electron chi connectivity index (χ4n) is 3.63. The first-order valence-electron chi connectivity index (χ1n) is 7.65. The number of fused-ring (bicyclic) bond motifs is 4. The molecule has 120 valence electrons. The lowest BCUT2D eigenvalue weighted by Crippen LogP contribution is -2.12. The van der Waals surface area contributed by atoms with Crippen LogP contribution < -0.4 is 16.1 Å². The first-order chi connectivity index (χ1) is 12.1. The second-order valence-corrected chi connectivity index (χ2v) is 5.99. The molecular weight excluding hydrogens is 320 g/mol. The van der Waals surface area contributed by atoms with Gasteiger partial charge in [0.25, 0.3) is 5.43 Å². The lowest BCUT2D eigenvalue weighted by molar-refractivity contribution is 0.468. The molecule has 2 N–H and O–H groups in total. The molecule has 0 bridgehead atoms. The van der Waals surface area contributed by atoms with E-state index in [2.05, 4.69) is 0 Å². The molecular formula is C20H10O5. The molecule has 5 aromatic rings. The van der Waals surface area contributed by atoms with Gasteiger partial charge >= 0.3 is 0 Å². The van der Waals surface area contributed by atoms with E-state index in [1.165, 1.54) is 0 Å². The number of phenols is 1. The largest absolute Gasteiger partial charge is 0.515 e. The van der Waals surface area contributed by atoms with Gasteiger partial charge < -0.3 is 14.6 Å². The maximum Gasteiger partial charge on any atom is 0.263 e. The number of hydrogen-bond donors (Lipinski definition) is 2. The van der Waals surface area contributed by atoms with E-state index in [0.717, 1.165) is 23.1 Å². The van der Waals surface area contributed by atoms with Crippen molar-refractivity contribution >= 4 is 49.7 Å². The zero-order valence-corrected chi connectivity index (χ0v) is 12.7. The number of aliphatic hydroxyl groups is 1. The van der Waals surface area contributed by atoms with Gasteiger partial charge in [-0.25, -0.2) is 0 Å². The van der Waals surface area contributed by atoms with Crippen molar-refractivity contribution in [2.24, 2.45) is 0 Å². The third-order valence-corrected chi connectivity index (χ3v) is 4.69. The average Bonchev–Trinajstić information content (AvgIpc) is 3.04. The highest BCUT2D eigenvalue weighted by atomic mass is 16.3. The summed E-state index contributed by atoms with van der Waals surface area (Å²) in [7, 11) is 0. The van der Waals surface area contributed by atoms with E-state index in [1.54, 1.807) is 12.1 Å². The van der Waals surface area contributed by atoms with Gasteiger partial charge in [0.15, 0.2) is 16.8 Å². The number of benzene rings is 4. The Balaban J connectivity index is 2.28. The van der Waals surface area contributed by atoms with Gasteiger partial charge in [-0.15, -0.1) is 0 Å². The summed E-state index contributed by atoms with van der Waals surface area (Å²) in [6.45, 7) is 0. The Bertz CT molecular complexity index is 1490. The highest BCUT2D eigenvalue weighted by Crippen LogP contribution is 2.34. The number of rotatable bonds is 0. The van der Waals surface area contributed by atoms with Gasteiger partial charge in [0, 0.05) is 26.8 Å². The Morgan fingerprint density at radius 1 is 0.840 bits per heavy atom. The second-order valence-electron chi connectivity index (χ2n) is 5.99. The Labute approximate surface area is 139 Å². The third-order valence-electron chi connectivity index (χ3n) is 4.69. The van der Waals surface area contributed by atoms with E-state index in [4.69, 9.17) is 4.42 Å². The van der Waals surface area contributed by atoms with Crippen molar-refractivity contribution in [3.63, 3.8) is 0 Å². The highest BCUT2D eigenvalue weighted by Gasteiger charge is 2.21. The fourth-order valence-corrected chi connectivity index (χ4v) is 3.63. The van der Waals surface area contributed by atoms with E-state index >= 15 is 0 Å². The number of aliphatic hydroxyl groups excluding tert-OH is 1. The Morgan fingerprint density at radius 3 is 2.28 bits per heavy atom. The molecule has 4 aromatic carbocycles. The van der Waals surface area contributed by atoms with E-state index in [9.17, 15) is 19.8 Å². The summed E-state index contributed by atoms with van der Waals surface area (Å²) in [5.41, 5.74) is -0.830. The molecule has 0 aliphatic rings. The maximum atomic E-state index is 13.1. The van der Waals surface area contributed by atoms with Crippen LogP contribution >= 0.6 is 0 Å². The average molecular weight is 330 g/mol. The molecule has 0 saturated heterocycles. The van der Waals surface area contributed by atoms with Crippen LogP contribution in [0.15, 0.2) is 56.5 Å². The molecule has 0 spiro atoms. The number of phenolic OH excluding ortho intramolecular Hbond substituents is 1. The van der Waals surface area contributed by atoms with Crippen LogP contribution in [0.3, 0.4) is 0 Å². The van der Waals surface area contributed by atoms with Crippen LogP contribution in [-0.2, 0) is 0 Å². The molecule has 0 fully saturated rings. The van der Waals surface area contributed by atoms with Crippen LogP contribution in [0.2, 0.25) is 0 Å². The maximum absolute atomic E-state index is 13.1. The lowest BCUT2D eigenvalue weighted by atomic mass is 9.97. The normalized spacial score (nSPS) is 12.9. The lowest BCUT2D eigenvalue weighted by Gasteiger charge is -2.05. The zero-order valence-electron chi connectivity index (χ0n) is 12.7. The topological polar surface area (TPSA) is 87.7 Å². The van der Waals surface area contributed by atoms with Crippen LogP contribution in [0.4, 0.5) is 0 Å². The predicted octanol–water partition coefficient (Wildman–Crippen LogP) is 2.77. The van der Waals surface area contributed by atoms with E-state index in [1.807, 2.05) is 24.3 Å². The highest BCUT2D eigenvalue weighted by molar-refractivity contribution is 6.24. The van der Waals surface area contributed by atoms with Crippen molar-refractivity contribution in [2.75, 3.05) is 0 Å². The van der Waals surface area contributed by atoms with Crippen LogP contribution in [0.5, 0.6) is 5.75 Å². The van der Waals surface area contributed by atoms with E-state index in [0.29, 0.717) is 10.8 Å². The van der Waals surface area contributed by atoms with Gasteiger partial charge in [0.2, 0.25) is 0 Å². The summed E-state index contributed by atoms with van der Waals surface area (Å²) in [6.07, 6.45) is 0.756. The Morgan fingerprint density at radius 2 is 1.56 bits per heavy atom. The van der Waals surface area contributed by atoms with Gasteiger partial charge in [-0.3, -0.25) is 9.59 Å². The van der Waals surface area contributed by atoms with E-state index < -0.39 is 11.2 Å². The first kappa shape index (κ1) is 13.8. The quantitative estimate of drug-likeness (QED) is 0.456. The van der Waals surface area contributed by atoms with Crippen LogP contribution in [0.1, 0.15) is 0 Å². The molecule has 0 saturated carbocycles. The third kappa shape index (κ3) is 1.57. The van der Waals surface area contributed by atoms with Gasteiger partial charge in [-0.05, 0) is 11.5 Å². The van der Waals surface area contributed by atoms with E-state index in [-0.39, 0.29) is 32.6 Å². The predicted molar refractivity (Wildman–Crippen MR) is 96.4 cm³/mol. The smallest absolute Gasteiger partial charge is 0.263 e. The number of aromatic hydroxyl groups is 1. The van der Waals surface area contributed by atoms with Gasteiger partial charge in [-0.1, -0.05) is 36.4 Å². The molecule has 5 heteroatoms. The number of hydrogen-bond acceptors (Lipinski definition) is 5. The zero-order chi connectivity index (χ0) is 17.3. The van der Waals surface area contributed by atoms with Crippen LogP contribution in [0, 0.1) is 0 Å². The fraction of sp³-hybridized carbons (Fsp3) is 0. The van der Waals surface area contributed by atoms with Crippen molar-refractivity contribution in [2.45, 2.75) is 0 Å². The van der Waals surface area contributed by atoms with Crippen molar-refractivity contribution in [3.05, 3.63) is 68.1 Å². The monoisotopic (exact) mass is 330 g/mol. The van der Waals surface area contributed by atoms with Crippen LogP contribution in [-0.4, -0.2) is 10.2 Å². The minimum atomic E-state index is -0.709. The molecule has 5 rings (SSSR count). The minimum absolute atomic E-state index is 0.136. The molecule has 5 nitrogen and oxygen atoms in total. The summed E-state index contributed by atoms with van der Waals surface area (Å²) >= 11 is 0. The van der Waals surface area contributed by atoms with Crippen LogP contribution in [0.25, 0.3) is 49.7 Å². The second kappa shape index (κ2) is 4.48. The summed E-state index contributed by atoms with van der Waals surface area (Å²) in [6, 6.07) is 12.2. The summed E-state index contributed by atoms with van der Waals surface area (Å²) in [5.74, 6) is -0.540. The Hall–Kier alpha value is -3.60. The molecule has 0 aliphatic heterocycles. The number of furan rings is 1. The standard InChI is InChI=1S/C20H10O5/c21-8-10-7-13(22)18(24)20-15(10)16-17(23)11-5-1-3-9-4-2-6-12(14(9)11)19(16)25-20/h1-8,21-22H/b10-8-. The summed E-state index contributed by atoms with van der Waals surface area (Å²) in [4.78, 5) is 25.4. The van der Waals surface area contributed by atoms with Crippen molar-refractivity contribution in [1.82, 2.24) is 0 Å².